The van der Waals surface area contributed by atoms with Gasteiger partial charge in [0.1, 0.15) is 17.8 Å². The van der Waals surface area contributed by atoms with Crippen molar-refractivity contribution >= 4 is 22.9 Å². The number of nitrogens with one attached hydrogen (secondary N) is 1. The van der Waals surface area contributed by atoms with Crippen LogP contribution in [0.5, 0.6) is 0 Å². The fourth-order valence-electron chi connectivity index (χ4n) is 2.52. The third-order valence-electron chi connectivity index (χ3n) is 3.53. The predicted octanol–water partition coefficient (Wildman–Crippen LogP) is 0.203. The van der Waals surface area contributed by atoms with Crippen molar-refractivity contribution in [1.29, 1.82) is 0 Å². The topological polar surface area (TPSA) is 108 Å². The number of rotatable bonds is 3. The first-order valence-electron chi connectivity index (χ1n) is 7.03. The number of nitrogens with two attached hydrogens (primary N) is 1. The van der Waals surface area contributed by atoms with Crippen molar-refractivity contribution in [1.82, 2.24) is 24.8 Å². The van der Waals surface area contributed by atoms with E-state index in [0.717, 1.165) is 0 Å². The Hall–Kier alpha value is -2.66. The molecule has 3 N–H and O–H groups in total. The largest absolute Gasteiger partial charge is 0.382 e. The molecule has 2 aromatic rings. The number of imidazole rings is 1. The van der Waals surface area contributed by atoms with Gasteiger partial charge in [0.15, 0.2) is 11.5 Å². The zero-order valence-corrected chi connectivity index (χ0v) is 12.1. The number of nitrogens with zero attached hydrogens (tertiary/aromatic N) is 4. The second kappa shape index (κ2) is 5.61. The van der Waals surface area contributed by atoms with Gasteiger partial charge < -0.3 is 15.8 Å². The van der Waals surface area contributed by atoms with Crippen LogP contribution in [0.1, 0.15) is 31.8 Å². The van der Waals surface area contributed by atoms with Gasteiger partial charge in [-0.2, -0.15) is 0 Å². The fraction of sp³-hybridized carbons (Fsp3) is 0.429. The Morgan fingerprint density at radius 1 is 1.59 bits per heavy atom. The van der Waals surface area contributed by atoms with Crippen LogP contribution in [0.25, 0.3) is 11.2 Å². The highest BCUT2D eigenvalue weighted by Crippen LogP contribution is 2.31. The molecule has 0 aromatic carbocycles. The number of amides is 1. The Morgan fingerprint density at radius 3 is 3.14 bits per heavy atom. The average Bonchev–Trinajstić information content (AvgIpc) is 3.13. The lowest BCUT2D eigenvalue weighted by Crippen LogP contribution is -2.34. The molecule has 2 unspecified atom stereocenters. The van der Waals surface area contributed by atoms with E-state index in [2.05, 4.69) is 26.2 Å². The highest BCUT2D eigenvalue weighted by Gasteiger charge is 2.32. The van der Waals surface area contributed by atoms with Crippen molar-refractivity contribution in [3.8, 4) is 12.3 Å². The van der Waals surface area contributed by atoms with Gasteiger partial charge in [0, 0.05) is 6.54 Å². The summed E-state index contributed by atoms with van der Waals surface area (Å²) in [5.74, 6) is 2.69. The standard InChI is InChI=1S/C14H16N6O2/c1-3-9-18-12(15)11-13(19-9)20(7-17-11)10-6-5-8(22-10)14(21)16-4-2/h1,7-8,10H,4-6H2,2H3,(H,16,21)(H2,15,18,19). The van der Waals surface area contributed by atoms with Crippen LogP contribution >= 0.6 is 0 Å². The smallest absolute Gasteiger partial charge is 0.249 e. The molecule has 1 saturated heterocycles. The van der Waals surface area contributed by atoms with Crippen molar-refractivity contribution in [2.24, 2.45) is 0 Å². The highest BCUT2D eigenvalue weighted by molar-refractivity contribution is 5.82. The maximum Gasteiger partial charge on any atom is 0.249 e. The molecule has 3 rings (SSSR count). The van der Waals surface area contributed by atoms with Crippen molar-refractivity contribution in [2.75, 3.05) is 12.3 Å². The third kappa shape index (κ3) is 2.35. The zero-order chi connectivity index (χ0) is 15.7. The van der Waals surface area contributed by atoms with Crippen molar-refractivity contribution in [2.45, 2.75) is 32.1 Å². The normalized spacial score (nSPS) is 20.9. The third-order valence-corrected chi connectivity index (χ3v) is 3.53. The van der Waals surface area contributed by atoms with Crippen LogP contribution in [0.4, 0.5) is 5.82 Å². The van der Waals surface area contributed by atoms with Crippen molar-refractivity contribution in [3.05, 3.63) is 12.2 Å². The molecule has 114 valence electrons. The summed E-state index contributed by atoms with van der Waals surface area (Å²) in [7, 11) is 0. The molecule has 8 heteroatoms. The predicted molar refractivity (Wildman–Crippen MR) is 79.5 cm³/mol. The molecule has 2 atom stereocenters. The molecular formula is C14H16N6O2. The van der Waals surface area contributed by atoms with Crippen LogP contribution in [0.2, 0.25) is 0 Å². The first kappa shape index (κ1) is 14.3. The molecule has 2 aromatic heterocycles. The van der Waals surface area contributed by atoms with E-state index in [0.29, 0.717) is 30.6 Å². The van der Waals surface area contributed by atoms with E-state index >= 15 is 0 Å². The second-order valence-electron chi connectivity index (χ2n) is 4.95. The minimum absolute atomic E-state index is 0.104. The van der Waals surface area contributed by atoms with Gasteiger partial charge in [-0.3, -0.25) is 9.36 Å². The molecule has 1 aliphatic heterocycles. The number of fused-ring (bicyclic) bond motifs is 1. The number of likely N-dealkylation sites (N-methyl/N-ethyl adjacent to an activating group) is 1. The lowest BCUT2D eigenvalue weighted by molar-refractivity contribution is -0.133. The molecule has 1 fully saturated rings. The maximum atomic E-state index is 11.8. The summed E-state index contributed by atoms with van der Waals surface area (Å²) < 4.78 is 7.54. The molecule has 1 aliphatic rings. The molecule has 1 amide bonds. The number of terminal acetylenes is 1. The summed E-state index contributed by atoms with van der Waals surface area (Å²) in [5, 5.41) is 2.76. The molecular weight excluding hydrogens is 284 g/mol. The number of aromatic nitrogens is 4. The van der Waals surface area contributed by atoms with E-state index < -0.39 is 6.10 Å². The van der Waals surface area contributed by atoms with Crippen molar-refractivity contribution in [3.63, 3.8) is 0 Å². The molecule has 0 radical (unpaired) electrons. The summed E-state index contributed by atoms with van der Waals surface area (Å²) >= 11 is 0. The van der Waals surface area contributed by atoms with E-state index in [9.17, 15) is 4.79 Å². The quantitative estimate of drug-likeness (QED) is 0.784. The van der Waals surface area contributed by atoms with Gasteiger partial charge in [-0.05, 0) is 25.7 Å². The summed E-state index contributed by atoms with van der Waals surface area (Å²) in [6.45, 7) is 2.45. The molecule has 8 nitrogen and oxygen atoms in total. The number of hydrogen-bond donors (Lipinski definition) is 2. The number of nitrogen functional groups attached to an aromatic ring is 1. The molecule has 0 aliphatic carbocycles. The average molecular weight is 300 g/mol. The first-order valence-corrected chi connectivity index (χ1v) is 7.03. The van der Waals surface area contributed by atoms with E-state index in [-0.39, 0.29) is 23.8 Å². The Labute approximate surface area is 127 Å². The fourth-order valence-corrected chi connectivity index (χ4v) is 2.52. The molecule has 22 heavy (non-hydrogen) atoms. The lowest BCUT2D eigenvalue weighted by Gasteiger charge is -2.14. The van der Waals surface area contributed by atoms with Crippen LogP contribution in [0.3, 0.4) is 0 Å². The Morgan fingerprint density at radius 2 is 2.41 bits per heavy atom. The van der Waals surface area contributed by atoms with Gasteiger partial charge in [0.25, 0.3) is 0 Å². The molecule has 0 saturated carbocycles. The van der Waals surface area contributed by atoms with E-state index in [1.807, 2.05) is 6.92 Å². The lowest BCUT2D eigenvalue weighted by atomic mass is 10.2. The Balaban J connectivity index is 1.90. The summed E-state index contributed by atoms with van der Waals surface area (Å²) in [6.07, 6.45) is 7.45. The molecule has 0 spiro atoms. The number of carbonyl (C=O) groups is 1. The molecule has 3 heterocycles. The highest BCUT2D eigenvalue weighted by atomic mass is 16.5. The SMILES string of the molecule is C#Cc1nc(N)c2ncn(C3CCC(C(=O)NCC)O3)c2n1. The first-order chi connectivity index (χ1) is 10.6. The zero-order valence-electron chi connectivity index (χ0n) is 12.1. The Kier molecular flexibility index (Phi) is 3.65. The van der Waals surface area contributed by atoms with Crippen LogP contribution in [-0.4, -0.2) is 38.1 Å². The van der Waals surface area contributed by atoms with Gasteiger partial charge in [-0.15, -0.1) is 6.42 Å². The van der Waals surface area contributed by atoms with Crippen molar-refractivity contribution < 1.29 is 9.53 Å². The maximum absolute atomic E-state index is 11.8. The number of anilines is 1. The van der Waals surface area contributed by atoms with Crippen LogP contribution in [0.15, 0.2) is 6.33 Å². The minimum atomic E-state index is -0.464. The number of ether oxygens (including phenoxy) is 1. The van der Waals surface area contributed by atoms with Crippen LogP contribution < -0.4 is 11.1 Å². The minimum Gasteiger partial charge on any atom is -0.382 e. The molecule has 0 bridgehead atoms. The van der Waals surface area contributed by atoms with Gasteiger partial charge in [-0.25, -0.2) is 15.0 Å². The van der Waals surface area contributed by atoms with E-state index in [4.69, 9.17) is 16.9 Å². The summed E-state index contributed by atoms with van der Waals surface area (Å²) in [6, 6.07) is 0. The van der Waals surface area contributed by atoms with Gasteiger partial charge >= 0.3 is 0 Å². The van der Waals surface area contributed by atoms with Crippen LogP contribution in [-0.2, 0) is 9.53 Å². The summed E-state index contributed by atoms with van der Waals surface area (Å²) in [4.78, 5) is 24.3. The Bertz CT molecular complexity index is 763. The monoisotopic (exact) mass is 300 g/mol. The van der Waals surface area contributed by atoms with Gasteiger partial charge in [-0.1, -0.05) is 0 Å². The van der Waals surface area contributed by atoms with E-state index in [1.54, 1.807) is 10.9 Å². The summed E-state index contributed by atoms with van der Waals surface area (Å²) in [5.41, 5.74) is 6.82. The van der Waals surface area contributed by atoms with Gasteiger partial charge in [0.05, 0.1) is 6.33 Å². The van der Waals surface area contributed by atoms with E-state index in [1.165, 1.54) is 0 Å². The number of hydrogen-bond acceptors (Lipinski definition) is 6. The van der Waals surface area contributed by atoms with Crippen LogP contribution in [0, 0.1) is 12.3 Å². The second-order valence-corrected chi connectivity index (χ2v) is 4.95. The van der Waals surface area contributed by atoms with Gasteiger partial charge in [0.2, 0.25) is 11.7 Å². The number of carbonyl (C=O) groups excluding carboxylic acids is 1.